The fourth-order valence-corrected chi connectivity index (χ4v) is 2.38. The molecule has 0 bridgehead atoms. The summed E-state index contributed by atoms with van der Waals surface area (Å²) in [7, 11) is 0. The first-order chi connectivity index (χ1) is 9.36. The van der Waals surface area contributed by atoms with Crippen LogP contribution in [0.2, 0.25) is 0 Å². The highest BCUT2D eigenvalue weighted by Gasteiger charge is 2.29. The molecule has 3 N–H and O–H groups in total. The number of rotatable bonds is 4. The van der Waals surface area contributed by atoms with Crippen LogP contribution >= 0.6 is 11.3 Å². The molecule has 2 rings (SSSR count). The first-order valence-electron chi connectivity index (χ1n) is 5.64. The number of amides is 1. The van der Waals surface area contributed by atoms with Gasteiger partial charge >= 0.3 is 6.18 Å². The van der Waals surface area contributed by atoms with Crippen LogP contribution in [0.25, 0.3) is 0 Å². The highest BCUT2D eigenvalue weighted by atomic mass is 32.1. The van der Waals surface area contributed by atoms with E-state index in [-0.39, 0.29) is 0 Å². The predicted octanol–water partition coefficient (Wildman–Crippen LogP) is 3.48. The minimum Gasteiger partial charge on any atom is -0.380 e. The van der Waals surface area contributed by atoms with Crippen molar-refractivity contribution in [2.45, 2.75) is 12.7 Å². The number of nitrogens with two attached hydrogens (primary N) is 1. The number of hydrogen-bond donors (Lipinski definition) is 2. The predicted molar refractivity (Wildman–Crippen MR) is 71.6 cm³/mol. The molecule has 3 nitrogen and oxygen atoms in total. The second-order valence-electron chi connectivity index (χ2n) is 4.09. The van der Waals surface area contributed by atoms with Crippen molar-refractivity contribution >= 4 is 22.9 Å². The van der Waals surface area contributed by atoms with E-state index in [1.165, 1.54) is 23.5 Å². The van der Waals surface area contributed by atoms with E-state index in [9.17, 15) is 18.0 Å². The van der Waals surface area contributed by atoms with Gasteiger partial charge in [-0.05, 0) is 30.3 Å². The third-order valence-corrected chi connectivity index (χ3v) is 3.55. The van der Waals surface area contributed by atoms with Crippen molar-refractivity contribution in [2.24, 2.45) is 5.73 Å². The Bertz CT molecular complexity index is 605. The van der Waals surface area contributed by atoms with Crippen LogP contribution in [-0.4, -0.2) is 5.91 Å². The number of primary amides is 1. The SMILES string of the molecule is NC(=O)c1csc(CNc2ccc(C(F)(F)F)cc2)c1. The van der Waals surface area contributed by atoms with Crippen LogP contribution in [0.3, 0.4) is 0 Å². The molecule has 0 radical (unpaired) electrons. The Labute approximate surface area is 117 Å². The number of hydrogen-bond acceptors (Lipinski definition) is 3. The molecular weight excluding hydrogens is 289 g/mol. The van der Waals surface area contributed by atoms with Crippen molar-refractivity contribution in [3.63, 3.8) is 0 Å². The highest BCUT2D eigenvalue weighted by molar-refractivity contribution is 7.10. The summed E-state index contributed by atoms with van der Waals surface area (Å²) in [6, 6.07) is 6.43. The first-order valence-corrected chi connectivity index (χ1v) is 6.52. The maximum atomic E-state index is 12.4. The lowest BCUT2D eigenvalue weighted by molar-refractivity contribution is -0.137. The van der Waals surface area contributed by atoms with E-state index in [1.54, 1.807) is 11.4 Å². The summed E-state index contributed by atoms with van der Waals surface area (Å²) in [5.74, 6) is -0.498. The van der Waals surface area contributed by atoms with Gasteiger partial charge in [0.25, 0.3) is 0 Å². The summed E-state index contributed by atoms with van der Waals surface area (Å²) in [5, 5.41) is 4.63. The fourth-order valence-electron chi connectivity index (χ4n) is 1.57. The lowest BCUT2D eigenvalue weighted by atomic mass is 10.2. The van der Waals surface area contributed by atoms with Gasteiger partial charge in [-0.3, -0.25) is 4.79 Å². The van der Waals surface area contributed by atoms with Gasteiger partial charge in [0.15, 0.2) is 0 Å². The average molecular weight is 300 g/mol. The summed E-state index contributed by atoms with van der Waals surface area (Å²) >= 11 is 1.36. The number of anilines is 1. The molecule has 0 saturated carbocycles. The fraction of sp³-hybridized carbons (Fsp3) is 0.154. The number of nitrogens with one attached hydrogen (secondary N) is 1. The Kier molecular flexibility index (Phi) is 3.99. The Morgan fingerprint density at radius 1 is 1.25 bits per heavy atom. The number of benzene rings is 1. The molecule has 1 heterocycles. The highest BCUT2D eigenvalue weighted by Crippen LogP contribution is 2.30. The number of carbonyl (C=O) groups excluding carboxylic acids is 1. The summed E-state index contributed by atoms with van der Waals surface area (Å²) in [6.07, 6.45) is -4.33. The van der Waals surface area contributed by atoms with E-state index in [0.29, 0.717) is 17.8 Å². The Balaban J connectivity index is 1.98. The first kappa shape index (κ1) is 14.4. The van der Waals surface area contributed by atoms with Gasteiger partial charge in [-0.2, -0.15) is 13.2 Å². The zero-order chi connectivity index (χ0) is 14.8. The van der Waals surface area contributed by atoms with E-state index in [0.717, 1.165) is 17.0 Å². The molecule has 0 atom stereocenters. The minimum atomic E-state index is -4.33. The van der Waals surface area contributed by atoms with Gasteiger partial charge in [0.05, 0.1) is 11.1 Å². The van der Waals surface area contributed by atoms with E-state index >= 15 is 0 Å². The van der Waals surface area contributed by atoms with Gasteiger partial charge in [0.2, 0.25) is 5.91 Å². The molecule has 1 aromatic heterocycles. The molecule has 1 aromatic carbocycles. The van der Waals surface area contributed by atoms with Crippen molar-refractivity contribution in [1.82, 2.24) is 0 Å². The summed E-state index contributed by atoms with van der Waals surface area (Å²) < 4.78 is 37.2. The van der Waals surface area contributed by atoms with Crippen molar-refractivity contribution in [3.8, 4) is 0 Å². The molecule has 0 saturated heterocycles. The quantitative estimate of drug-likeness (QED) is 0.908. The molecule has 7 heteroatoms. The van der Waals surface area contributed by atoms with Crippen molar-refractivity contribution in [3.05, 3.63) is 51.7 Å². The van der Waals surface area contributed by atoms with E-state index in [1.807, 2.05) is 0 Å². The van der Waals surface area contributed by atoms with Crippen molar-refractivity contribution in [2.75, 3.05) is 5.32 Å². The summed E-state index contributed by atoms with van der Waals surface area (Å²) in [5.41, 5.74) is 5.45. The number of halogens is 3. The smallest absolute Gasteiger partial charge is 0.380 e. The molecule has 0 aliphatic carbocycles. The monoisotopic (exact) mass is 300 g/mol. The third kappa shape index (κ3) is 3.51. The van der Waals surface area contributed by atoms with Gasteiger partial charge in [-0.15, -0.1) is 11.3 Å². The summed E-state index contributed by atoms with van der Waals surface area (Å²) in [6.45, 7) is 0.420. The molecule has 0 unspecified atom stereocenters. The van der Waals surface area contributed by atoms with E-state index in [2.05, 4.69) is 5.32 Å². The zero-order valence-corrected chi connectivity index (χ0v) is 11.0. The normalized spacial score (nSPS) is 11.3. The van der Waals surface area contributed by atoms with Gasteiger partial charge in [0, 0.05) is 22.5 Å². The Hall–Kier alpha value is -2.02. The topological polar surface area (TPSA) is 55.1 Å². The second kappa shape index (κ2) is 5.54. The van der Waals surface area contributed by atoms with Gasteiger partial charge in [-0.25, -0.2) is 0 Å². The van der Waals surface area contributed by atoms with Gasteiger partial charge < -0.3 is 11.1 Å². The molecule has 0 aliphatic heterocycles. The second-order valence-corrected chi connectivity index (χ2v) is 5.09. The molecular formula is C13H11F3N2OS. The van der Waals surface area contributed by atoms with Gasteiger partial charge in [-0.1, -0.05) is 0 Å². The van der Waals surface area contributed by atoms with E-state index in [4.69, 9.17) is 5.73 Å². The maximum Gasteiger partial charge on any atom is 0.416 e. The van der Waals surface area contributed by atoms with Crippen LogP contribution in [0, 0.1) is 0 Å². The van der Waals surface area contributed by atoms with Crippen LogP contribution in [0.5, 0.6) is 0 Å². The lowest BCUT2D eigenvalue weighted by Crippen LogP contribution is -2.09. The molecule has 0 spiro atoms. The number of thiophene rings is 1. The number of alkyl halides is 3. The lowest BCUT2D eigenvalue weighted by Gasteiger charge is -2.08. The largest absolute Gasteiger partial charge is 0.416 e. The van der Waals surface area contributed by atoms with Crippen LogP contribution < -0.4 is 11.1 Å². The average Bonchev–Trinajstić information content (AvgIpc) is 2.85. The maximum absolute atomic E-state index is 12.4. The molecule has 106 valence electrons. The molecule has 20 heavy (non-hydrogen) atoms. The zero-order valence-electron chi connectivity index (χ0n) is 10.2. The van der Waals surface area contributed by atoms with Crippen LogP contribution in [0.1, 0.15) is 20.8 Å². The van der Waals surface area contributed by atoms with Crippen LogP contribution in [0.15, 0.2) is 35.7 Å². The number of carbonyl (C=O) groups is 1. The molecule has 0 fully saturated rings. The molecule has 2 aromatic rings. The van der Waals surface area contributed by atoms with Crippen molar-refractivity contribution in [1.29, 1.82) is 0 Å². The van der Waals surface area contributed by atoms with Crippen LogP contribution in [0.4, 0.5) is 18.9 Å². The standard InChI is InChI=1S/C13H11F3N2OS/c14-13(15,16)9-1-3-10(4-2-9)18-6-11-5-8(7-20-11)12(17)19/h1-5,7,18H,6H2,(H2,17,19). The Morgan fingerprint density at radius 3 is 2.40 bits per heavy atom. The van der Waals surface area contributed by atoms with Crippen LogP contribution in [-0.2, 0) is 12.7 Å². The summed E-state index contributed by atoms with van der Waals surface area (Å²) in [4.78, 5) is 11.8. The van der Waals surface area contributed by atoms with E-state index < -0.39 is 17.6 Å². The Morgan fingerprint density at radius 2 is 1.90 bits per heavy atom. The molecule has 0 aliphatic rings. The molecule has 1 amide bonds. The third-order valence-electron chi connectivity index (χ3n) is 2.62. The minimum absolute atomic E-state index is 0.420. The van der Waals surface area contributed by atoms with Crippen molar-refractivity contribution < 1.29 is 18.0 Å². The van der Waals surface area contributed by atoms with Gasteiger partial charge in [0.1, 0.15) is 0 Å².